The third-order valence-corrected chi connectivity index (χ3v) is 2.70. The molecule has 1 heterocycles. The third-order valence-electron chi connectivity index (χ3n) is 2.70. The van der Waals surface area contributed by atoms with Gasteiger partial charge in [-0.25, -0.2) is 4.79 Å². The van der Waals surface area contributed by atoms with E-state index in [1.165, 1.54) is 30.3 Å². The quantitative estimate of drug-likeness (QED) is 0.350. The maximum atomic E-state index is 11.8. The molecule has 0 atom stereocenters. The summed E-state index contributed by atoms with van der Waals surface area (Å²) in [5.41, 5.74) is -0.403. The number of furan rings is 1. The molecule has 0 saturated heterocycles. The zero-order chi connectivity index (χ0) is 15.2. The van der Waals surface area contributed by atoms with Gasteiger partial charge in [0.05, 0.1) is 11.5 Å². The van der Waals surface area contributed by atoms with Crippen molar-refractivity contribution < 1.29 is 23.7 Å². The van der Waals surface area contributed by atoms with Gasteiger partial charge in [0.1, 0.15) is 11.3 Å². The van der Waals surface area contributed by atoms with Crippen LogP contribution < -0.4 is 0 Å². The molecule has 0 saturated carbocycles. The van der Waals surface area contributed by atoms with E-state index in [4.69, 9.17) is 9.15 Å². The fourth-order valence-electron chi connectivity index (χ4n) is 1.72. The van der Waals surface area contributed by atoms with Gasteiger partial charge < -0.3 is 9.15 Å². The van der Waals surface area contributed by atoms with Crippen molar-refractivity contribution in [1.82, 2.24) is 0 Å². The van der Waals surface area contributed by atoms with Crippen molar-refractivity contribution in [3.63, 3.8) is 0 Å². The first-order valence-corrected chi connectivity index (χ1v) is 6.06. The molecular formula is C14H11NO6. The molecule has 108 valence electrons. The van der Waals surface area contributed by atoms with Gasteiger partial charge in [0.2, 0.25) is 0 Å². The van der Waals surface area contributed by atoms with Crippen LogP contribution in [0.25, 0.3) is 0 Å². The number of benzene rings is 1. The van der Waals surface area contributed by atoms with Crippen LogP contribution in [0, 0.1) is 10.1 Å². The number of nitro groups is 1. The minimum Gasteiger partial charge on any atom is -0.461 e. The molecule has 1 aromatic heterocycles. The smallest absolute Gasteiger partial charge is 0.345 e. The number of para-hydroxylation sites is 1. The molecule has 0 aliphatic rings. The highest BCUT2D eigenvalue weighted by atomic mass is 16.6. The van der Waals surface area contributed by atoms with Gasteiger partial charge in [0, 0.05) is 12.5 Å². The molecule has 0 amide bonds. The highest BCUT2D eigenvalue weighted by Gasteiger charge is 2.20. The Hall–Kier alpha value is -2.96. The Morgan fingerprint density at radius 1 is 1.29 bits per heavy atom. The average molecular weight is 289 g/mol. The average Bonchev–Trinajstić information content (AvgIpc) is 2.95. The minimum atomic E-state index is -0.774. The second kappa shape index (κ2) is 6.47. The maximum absolute atomic E-state index is 11.8. The SMILES string of the molecule is O=Cc1ccc(CCOC(=O)c2ccccc2[N+](=O)[O-])o1. The van der Waals surface area contributed by atoms with Crippen LogP contribution in [0.4, 0.5) is 5.69 Å². The molecule has 2 rings (SSSR count). The molecular weight excluding hydrogens is 278 g/mol. The van der Waals surface area contributed by atoms with Crippen molar-refractivity contribution >= 4 is 17.9 Å². The molecule has 0 spiro atoms. The number of hydrogen-bond donors (Lipinski definition) is 0. The van der Waals surface area contributed by atoms with Crippen LogP contribution in [0.5, 0.6) is 0 Å². The van der Waals surface area contributed by atoms with Crippen LogP contribution in [0.15, 0.2) is 40.8 Å². The highest BCUT2D eigenvalue weighted by Crippen LogP contribution is 2.18. The summed E-state index contributed by atoms with van der Waals surface area (Å²) in [5.74, 6) is -0.0908. The predicted molar refractivity (Wildman–Crippen MR) is 71.2 cm³/mol. The van der Waals surface area contributed by atoms with Gasteiger partial charge >= 0.3 is 5.97 Å². The largest absolute Gasteiger partial charge is 0.461 e. The van der Waals surface area contributed by atoms with Gasteiger partial charge in [-0.05, 0) is 18.2 Å². The topological polar surface area (TPSA) is 99.7 Å². The Morgan fingerprint density at radius 2 is 2.05 bits per heavy atom. The normalized spacial score (nSPS) is 10.1. The lowest BCUT2D eigenvalue weighted by atomic mass is 10.2. The second-order valence-corrected chi connectivity index (χ2v) is 4.08. The summed E-state index contributed by atoms with van der Waals surface area (Å²) < 4.78 is 10.1. The summed E-state index contributed by atoms with van der Waals surface area (Å²) in [7, 11) is 0. The molecule has 7 nitrogen and oxygen atoms in total. The fourth-order valence-corrected chi connectivity index (χ4v) is 1.72. The molecule has 0 aliphatic heterocycles. The molecule has 1 aromatic carbocycles. The highest BCUT2D eigenvalue weighted by molar-refractivity contribution is 5.93. The lowest BCUT2D eigenvalue weighted by Gasteiger charge is -2.04. The molecule has 21 heavy (non-hydrogen) atoms. The predicted octanol–water partition coefficient (Wildman–Crippen LogP) is 2.40. The van der Waals surface area contributed by atoms with Crippen molar-refractivity contribution in [2.45, 2.75) is 6.42 Å². The van der Waals surface area contributed by atoms with Gasteiger partial charge in [0.25, 0.3) is 5.69 Å². The second-order valence-electron chi connectivity index (χ2n) is 4.08. The van der Waals surface area contributed by atoms with Gasteiger partial charge in [0.15, 0.2) is 12.0 Å². The third kappa shape index (κ3) is 3.53. The van der Waals surface area contributed by atoms with E-state index in [9.17, 15) is 19.7 Å². The summed E-state index contributed by atoms with van der Waals surface area (Å²) >= 11 is 0. The van der Waals surface area contributed by atoms with Crippen LogP contribution in [0.2, 0.25) is 0 Å². The molecule has 0 bridgehead atoms. The number of ether oxygens (including phenoxy) is 1. The van der Waals surface area contributed by atoms with Crippen LogP contribution in [0.1, 0.15) is 26.7 Å². The number of carbonyl (C=O) groups is 2. The Balaban J connectivity index is 1.96. The van der Waals surface area contributed by atoms with Crippen molar-refractivity contribution in [3.8, 4) is 0 Å². The zero-order valence-corrected chi connectivity index (χ0v) is 10.9. The lowest BCUT2D eigenvalue weighted by Crippen LogP contribution is -2.10. The van der Waals surface area contributed by atoms with E-state index in [0.29, 0.717) is 12.0 Å². The number of nitrogens with zero attached hydrogens (tertiary/aromatic N) is 1. The van der Waals surface area contributed by atoms with E-state index in [2.05, 4.69) is 0 Å². The van der Waals surface area contributed by atoms with Crippen LogP contribution in [-0.2, 0) is 11.2 Å². The van der Waals surface area contributed by atoms with E-state index in [1.54, 1.807) is 6.07 Å². The monoisotopic (exact) mass is 289 g/mol. The van der Waals surface area contributed by atoms with E-state index >= 15 is 0 Å². The Bertz CT molecular complexity index is 676. The number of esters is 1. The standard InChI is InChI=1S/C14H11NO6/c16-9-11-6-5-10(21-11)7-8-20-14(17)12-3-1-2-4-13(12)15(18)19/h1-6,9H,7-8H2. The molecule has 2 aromatic rings. The van der Waals surface area contributed by atoms with Crippen molar-refractivity contribution in [3.05, 3.63) is 63.6 Å². The number of rotatable bonds is 6. The number of carbonyl (C=O) groups excluding carboxylic acids is 2. The lowest BCUT2D eigenvalue weighted by molar-refractivity contribution is -0.385. The molecule has 0 unspecified atom stereocenters. The Morgan fingerprint density at radius 3 is 2.71 bits per heavy atom. The number of aldehydes is 1. The molecule has 0 radical (unpaired) electrons. The van der Waals surface area contributed by atoms with Gasteiger partial charge in [-0.2, -0.15) is 0 Å². The fraction of sp³-hybridized carbons (Fsp3) is 0.143. The van der Waals surface area contributed by atoms with E-state index in [0.717, 1.165) is 0 Å². The maximum Gasteiger partial charge on any atom is 0.345 e. The molecule has 7 heteroatoms. The van der Waals surface area contributed by atoms with E-state index in [1.807, 2.05) is 0 Å². The first-order chi connectivity index (χ1) is 10.1. The van der Waals surface area contributed by atoms with Crippen molar-refractivity contribution in [2.24, 2.45) is 0 Å². The summed E-state index contributed by atoms with van der Waals surface area (Å²) in [4.78, 5) is 32.4. The summed E-state index contributed by atoms with van der Waals surface area (Å²) in [6, 6.07) is 8.66. The van der Waals surface area contributed by atoms with Crippen LogP contribution in [0.3, 0.4) is 0 Å². The van der Waals surface area contributed by atoms with Gasteiger partial charge in [-0.3, -0.25) is 14.9 Å². The summed E-state index contributed by atoms with van der Waals surface area (Å²) in [5, 5.41) is 10.8. The summed E-state index contributed by atoms with van der Waals surface area (Å²) in [6.45, 7) is -0.00328. The molecule has 0 fully saturated rings. The minimum absolute atomic E-state index is 0.00328. The van der Waals surface area contributed by atoms with Gasteiger partial charge in [-0.1, -0.05) is 12.1 Å². The number of nitro benzene ring substituents is 1. The molecule has 0 aliphatic carbocycles. The van der Waals surface area contributed by atoms with Crippen molar-refractivity contribution in [2.75, 3.05) is 6.61 Å². The van der Waals surface area contributed by atoms with Crippen LogP contribution >= 0.6 is 0 Å². The van der Waals surface area contributed by atoms with Gasteiger partial charge in [-0.15, -0.1) is 0 Å². The first-order valence-electron chi connectivity index (χ1n) is 6.06. The van der Waals surface area contributed by atoms with E-state index in [-0.39, 0.29) is 30.0 Å². The van der Waals surface area contributed by atoms with E-state index < -0.39 is 10.9 Å². The van der Waals surface area contributed by atoms with Crippen LogP contribution in [-0.4, -0.2) is 23.8 Å². The first kappa shape index (κ1) is 14.4. The zero-order valence-electron chi connectivity index (χ0n) is 10.9. The Labute approximate surface area is 119 Å². The number of hydrogen-bond acceptors (Lipinski definition) is 6. The Kier molecular flexibility index (Phi) is 4.45. The summed E-state index contributed by atoms with van der Waals surface area (Å²) in [6.07, 6.45) is 0.850. The molecule has 0 N–H and O–H groups in total. The van der Waals surface area contributed by atoms with Crippen molar-refractivity contribution in [1.29, 1.82) is 0 Å².